The molecule has 1 fully saturated rings. The maximum atomic E-state index is 12.1. The van der Waals surface area contributed by atoms with Gasteiger partial charge in [-0.05, 0) is 12.1 Å². The highest BCUT2D eigenvalue weighted by atomic mass is 16.5. The lowest BCUT2D eigenvalue weighted by Gasteiger charge is -2.30. The second-order valence-corrected chi connectivity index (χ2v) is 4.48. The summed E-state index contributed by atoms with van der Waals surface area (Å²) in [4.78, 5) is 24.4. The summed E-state index contributed by atoms with van der Waals surface area (Å²) in [6.45, 7) is 0.422. The maximum Gasteiger partial charge on any atom is 0.334 e. The summed E-state index contributed by atoms with van der Waals surface area (Å²) < 4.78 is 15.6. The number of ether oxygens (including phenoxy) is 3. The maximum absolute atomic E-state index is 12.1. The smallest absolute Gasteiger partial charge is 0.334 e. The van der Waals surface area contributed by atoms with Crippen molar-refractivity contribution in [2.75, 3.05) is 33.4 Å². The SMILES string of the molecule is COc1ccccc1OCC(=O)N1CCO[C@@H](C(=O)O)C1. The van der Waals surface area contributed by atoms with Crippen LogP contribution in [-0.2, 0) is 14.3 Å². The largest absolute Gasteiger partial charge is 0.493 e. The Morgan fingerprint density at radius 2 is 2.10 bits per heavy atom. The highest BCUT2D eigenvalue weighted by Gasteiger charge is 2.29. The van der Waals surface area contributed by atoms with Crippen molar-refractivity contribution >= 4 is 11.9 Å². The van der Waals surface area contributed by atoms with E-state index in [1.807, 2.05) is 0 Å². The molecule has 7 heteroatoms. The van der Waals surface area contributed by atoms with Gasteiger partial charge in [0.1, 0.15) is 0 Å². The van der Waals surface area contributed by atoms with E-state index < -0.39 is 12.1 Å². The van der Waals surface area contributed by atoms with Crippen LogP contribution in [0.2, 0.25) is 0 Å². The first-order chi connectivity index (χ1) is 10.1. The molecule has 1 saturated heterocycles. The average molecular weight is 295 g/mol. The predicted molar refractivity (Wildman–Crippen MR) is 72.4 cm³/mol. The molecule has 0 bridgehead atoms. The van der Waals surface area contributed by atoms with Crippen LogP contribution in [0.1, 0.15) is 0 Å². The molecule has 21 heavy (non-hydrogen) atoms. The number of carbonyl (C=O) groups is 2. The van der Waals surface area contributed by atoms with Gasteiger partial charge in [0.25, 0.3) is 5.91 Å². The third kappa shape index (κ3) is 3.85. The zero-order valence-electron chi connectivity index (χ0n) is 11.7. The summed E-state index contributed by atoms with van der Waals surface area (Å²) in [5.74, 6) is -0.347. The number of aliphatic carboxylic acids is 1. The van der Waals surface area contributed by atoms with E-state index in [1.54, 1.807) is 24.3 Å². The van der Waals surface area contributed by atoms with Gasteiger partial charge in [-0.1, -0.05) is 12.1 Å². The molecule has 1 aliphatic rings. The van der Waals surface area contributed by atoms with E-state index in [4.69, 9.17) is 19.3 Å². The van der Waals surface area contributed by atoms with E-state index in [2.05, 4.69) is 0 Å². The fourth-order valence-electron chi connectivity index (χ4n) is 1.99. The number of benzene rings is 1. The average Bonchev–Trinajstić information content (AvgIpc) is 2.52. The molecule has 2 rings (SSSR count). The van der Waals surface area contributed by atoms with Crippen LogP contribution in [0.4, 0.5) is 0 Å². The molecule has 0 unspecified atom stereocenters. The lowest BCUT2D eigenvalue weighted by atomic mass is 10.2. The van der Waals surface area contributed by atoms with E-state index in [0.717, 1.165) is 0 Å². The number of para-hydroxylation sites is 2. The van der Waals surface area contributed by atoms with Gasteiger partial charge in [-0.3, -0.25) is 4.79 Å². The standard InChI is InChI=1S/C14H17NO6/c1-19-10-4-2-3-5-11(10)21-9-13(16)15-6-7-20-12(8-15)14(17)18/h2-5,12H,6-9H2,1H3,(H,17,18)/t12-/m1/s1. The summed E-state index contributed by atoms with van der Waals surface area (Å²) in [7, 11) is 1.52. The van der Waals surface area contributed by atoms with Crippen molar-refractivity contribution < 1.29 is 28.9 Å². The Labute approximate surface area is 122 Å². The highest BCUT2D eigenvalue weighted by molar-refractivity contribution is 5.79. The zero-order chi connectivity index (χ0) is 15.2. The summed E-state index contributed by atoms with van der Waals surface area (Å²) in [5, 5.41) is 8.90. The van der Waals surface area contributed by atoms with E-state index in [0.29, 0.717) is 18.0 Å². The van der Waals surface area contributed by atoms with Crippen molar-refractivity contribution in [2.24, 2.45) is 0 Å². The van der Waals surface area contributed by atoms with E-state index in [1.165, 1.54) is 12.0 Å². The molecule has 1 aromatic carbocycles. The fraction of sp³-hybridized carbons (Fsp3) is 0.429. The number of rotatable bonds is 5. The predicted octanol–water partition coefficient (Wildman–Crippen LogP) is 0.386. The van der Waals surface area contributed by atoms with Crippen molar-refractivity contribution in [1.82, 2.24) is 4.90 Å². The first-order valence-electron chi connectivity index (χ1n) is 6.50. The van der Waals surface area contributed by atoms with Crippen molar-refractivity contribution in [3.63, 3.8) is 0 Å². The Balaban J connectivity index is 1.91. The molecule has 1 atom stereocenters. The fourth-order valence-corrected chi connectivity index (χ4v) is 1.99. The third-order valence-corrected chi connectivity index (χ3v) is 3.11. The number of methoxy groups -OCH3 is 1. The van der Waals surface area contributed by atoms with Gasteiger partial charge in [0.05, 0.1) is 20.3 Å². The zero-order valence-corrected chi connectivity index (χ0v) is 11.7. The first kappa shape index (κ1) is 15.1. The van der Waals surface area contributed by atoms with Gasteiger partial charge in [0.2, 0.25) is 0 Å². The highest BCUT2D eigenvalue weighted by Crippen LogP contribution is 2.25. The second-order valence-electron chi connectivity index (χ2n) is 4.48. The van der Waals surface area contributed by atoms with Gasteiger partial charge >= 0.3 is 5.97 Å². The van der Waals surface area contributed by atoms with Crippen molar-refractivity contribution in [2.45, 2.75) is 6.10 Å². The van der Waals surface area contributed by atoms with E-state index in [-0.39, 0.29) is 25.7 Å². The molecule has 0 spiro atoms. The van der Waals surface area contributed by atoms with Crippen LogP contribution in [-0.4, -0.2) is 61.4 Å². The number of morpholine rings is 1. The molecule has 7 nitrogen and oxygen atoms in total. The van der Waals surface area contributed by atoms with Gasteiger partial charge in [-0.15, -0.1) is 0 Å². The minimum atomic E-state index is -1.07. The number of carboxylic acid groups (broad SMARTS) is 1. The third-order valence-electron chi connectivity index (χ3n) is 3.11. The van der Waals surface area contributed by atoms with Crippen LogP contribution < -0.4 is 9.47 Å². The molecule has 0 radical (unpaired) electrons. The van der Waals surface area contributed by atoms with Gasteiger partial charge in [0.15, 0.2) is 24.2 Å². The van der Waals surface area contributed by atoms with Crippen LogP contribution in [0.15, 0.2) is 24.3 Å². The molecule has 1 amide bonds. The van der Waals surface area contributed by atoms with Gasteiger partial charge in [-0.2, -0.15) is 0 Å². The molecule has 1 N–H and O–H groups in total. The van der Waals surface area contributed by atoms with Crippen LogP contribution in [0.3, 0.4) is 0 Å². The number of nitrogens with zero attached hydrogens (tertiary/aromatic N) is 1. The number of amides is 1. The molecule has 1 heterocycles. The molecular weight excluding hydrogens is 278 g/mol. The molecule has 1 aliphatic heterocycles. The lowest BCUT2D eigenvalue weighted by Crippen LogP contribution is -2.49. The molecule has 0 saturated carbocycles. The van der Waals surface area contributed by atoms with E-state index in [9.17, 15) is 9.59 Å². The van der Waals surface area contributed by atoms with Crippen LogP contribution in [0.25, 0.3) is 0 Å². The summed E-state index contributed by atoms with van der Waals surface area (Å²) in [6, 6.07) is 7.00. The Kier molecular flexibility index (Phi) is 4.99. The lowest BCUT2D eigenvalue weighted by molar-refractivity contribution is -0.159. The Morgan fingerprint density at radius 1 is 1.38 bits per heavy atom. The number of carboxylic acids is 1. The first-order valence-corrected chi connectivity index (χ1v) is 6.50. The minimum Gasteiger partial charge on any atom is -0.493 e. The second kappa shape index (κ2) is 6.94. The number of hydrogen-bond acceptors (Lipinski definition) is 5. The van der Waals surface area contributed by atoms with Crippen molar-refractivity contribution in [1.29, 1.82) is 0 Å². The monoisotopic (exact) mass is 295 g/mol. The summed E-state index contributed by atoms with van der Waals surface area (Å²) >= 11 is 0. The van der Waals surface area contributed by atoms with Gasteiger partial charge < -0.3 is 24.2 Å². The Hall–Kier alpha value is -2.28. The van der Waals surface area contributed by atoms with E-state index >= 15 is 0 Å². The van der Waals surface area contributed by atoms with Crippen LogP contribution in [0, 0.1) is 0 Å². The van der Waals surface area contributed by atoms with Crippen LogP contribution >= 0.6 is 0 Å². The van der Waals surface area contributed by atoms with Gasteiger partial charge in [0, 0.05) is 6.54 Å². The Morgan fingerprint density at radius 3 is 2.76 bits per heavy atom. The number of carbonyl (C=O) groups excluding carboxylic acids is 1. The van der Waals surface area contributed by atoms with Crippen LogP contribution in [0.5, 0.6) is 11.5 Å². The quantitative estimate of drug-likeness (QED) is 0.845. The normalized spacial score (nSPS) is 18.1. The molecule has 114 valence electrons. The molecule has 0 aliphatic carbocycles. The molecule has 0 aromatic heterocycles. The Bertz CT molecular complexity index is 518. The van der Waals surface area contributed by atoms with Gasteiger partial charge in [-0.25, -0.2) is 4.79 Å². The topological polar surface area (TPSA) is 85.3 Å². The molecular formula is C14H17NO6. The number of hydrogen-bond donors (Lipinski definition) is 1. The van der Waals surface area contributed by atoms with Crippen molar-refractivity contribution in [3.8, 4) is 11.5 Å². The molecule has 1 aromatic rings. The minimum absolute atomic E-state index is 0.0312. The van der Waals surface area contributed by atoms with Crippen molar-refractivity contribution in [3.05, 3.63) is 24.3 Å². The summed E-state index contributed by atoms with van der Waals surface area (Å²) in [6.07, 6.45) is -0.978. The summed E-state index contributed by atoms with van der Waals surface area (Å²) in [5.41, 5.74) is 0.